The third-order valence-corrected chi connectivity index (χ3v) is 5.49. The van der Waals surface area contributed by atoms with Crippen molar-refractivity contribution in [3.05, 3.63) is 28.5 Å². The molecule has 6 heteroatoms. The lowest BCUT2D eigenvalue weighted by molar-refractivity contribution is 0.454. The zero-order chi connectivity index (χ0) is 13.8. The van der Waals surface area contributed by atoms with E-state index in [0.29, 0.717) is 6.54 Å². The van der Waals surface area contributed by atoms with Crippen LogP contribution >= 0.6 is 15.9 Å². The Morgan fingerprint density at radius 2 is 2.00 bits per heavy atom. The molecule has 102 valence electrons. The Kier molecular flexibility index (Phi) is 5.75. The van der Waals surface area contributed by atoms with Crippen molar-refractivity contribution in [2.75, 3.05) is 13.6 Å². The average Bonchev–Trinajstić information content (AvgIpc) is 2.28. The zero-order valence-corrected chi connectivity index (χ0v) is 12.9. The van der Waals surface area contributed by atoms with Crippen LogP contribution in [0.4, 0.5) is 4.39 Å². The Hall–Kier alpha value is -0.460. The van der Waals surface area contributed by atoms with Crippen LogP contribution in [0, 0.1) is 5.82 Å². The van der Waals surface area contributed by atoms with E-state index in [9.17, 15) is 12.8 Å². The fraction of sp³-hybridized carbons (Fsp3) is 0.500. The molecule has 0 aliphatic heterocycles. The number of rotatable bonds is 6. The summed E-state index contributed by atoms with van der Waals surface area (Å²) >= 11 is 3.09. The van der Waals surface area contributed by atoms with Crippen LogP contribution in [0.2, 0.25) is 0 Å². The standard InChI is InChI=1S/C12H17BrFNO2S/c1-3-4-5-8-15(2)18(16,17)12-7-6-10(14)9-11(12)13/h6-7,9H,3-5,8H2,1-2H3. The van der Waals surface area contributed by atoms with Gasteiger partial charge >= 0.3 is 0 Å². The molecule has 0 aromatic heterocycles. The van der Waals surface area contributed by atoms with Crippen LogP contribution in [0.25, 0.3) is 0 Å². The Balaban J connectivity index is 2.91. The van der Waals surface area contributed by atoms with Gasteiger partial charge in [-0.1, -0.05) is 19.8 Å². The van der Waals surface area contributed by atoms with Crippen LogP contribution in [0.15, 0.2) is 27.6 Å². The maximum Gasteiger partial charge on any atom is 0.243 e. The number of benzene rings is 1. The number of halogens is 2. The minimum atomic E-state index is -3.55. The number of hydrogen-bond acceptors (Lipinski definition) is 2. The summed E-state index contributed by atoms with van der Waals surface area (Å²) in [4.78, 5) is 0.0999. The molecule has 1 aromatic carbocycles. The van der Waals surface area contributed by atoms with Crippen LogP contribution in [-0.2, 0) is 10.0 Å². The molecule has 0 radical (unpaired) electrons. The SMILES string of the molecule is CCCCCN(C)S(=O)(=O)c1ccc(F)cc1Br. The predicted octanol–water partition coefficient (Wildman–Crippen LogP) is 3.40. The molecule has 0 saturated carbocycles. The van der Waals surface area contributed by atoms with Gasteiger partial charge in [0.25, 0.3) is 0 Å². The maximum absolute atomic E-state index is 12.9. The van der Waals surface area contributed by atoms with Crippen molar-refractivity contribution < 1.29 is 12.8 Å². The molecule has 0 atom stereocenters. The van der Waals surface area contributed by atoms with E-state index in [4.69, 9.17) is 0 Å². The molecule has 1 aromatic rings. The van der Waals surface area contributed by atoms with Crippen molar-refractivity contribution >= 4 is 26.0 Å². The third-order valence-electron chi connectivity index (χ3n) is 2.66. The van der Waals surface area contributed by atoms with Gasteiger partial charge in [0.1, 0.15) is 5.82 Å². The smallest absolute Gasteiger partial charge is 0.207 e. The molecule has 0 aliphatic carbocycles. The second-order valence-corrected chi connectivity index (χ2v) is 6.98. The normalized spacial score (nSPS) is 12.1. The summed E-state index contributed by atoms with van der Waals surface area (Å²) in [5.74, 6) is -0.463. The van der Waals surface area contributed by atoms with Gasteiger partial charge in [0.15, 0.2) is 0 Å². The van der Waals surface area contributed by atoms with Crippen molar-refractivity contribution in [2.45, 2.75) is 31.1 Å². The summed E-state index contributed by atoms with van der Waals surface area (Å²) in [6.07, 6.45) is 2.85. The Morgan fingerprint density at radius 1 is 1.33 bits per heavy atom. The Labute approximate surface area is 116 Å². The number of unbranched alkanes of at least 4 members (excludes halogenated alkanes) is 2. The van der Waals surface area contributed by atoms with Gasteiger partial charge < -0.3 is 0 Å². The molecule has 0 unspecified atom stereocenters. The molecule has 0 spiro atoms. The second-order valence-electron chi connectivity index (χ2n) is 4.11. The molecule has 0 saturated heterocycles. The predicted molar refractivity (Wildman–Crippen MR) is 73.4 cm³/mol. The summed E-state index contributed by atoms with van der Waals surface area (Å²) in [5.41, 5.74) is 0. The van der Waals surface area contributed by atoms with Crippen molar-refractivity contribution in [3.8, 4) is 0 Å². The van der Waals surface area contributed by atoms with Crippen molar-refractivity contribution in [3.63, 3.8) is 0 Å². The van der Waals surface area contributed by atoms with Crippen LogP contribution in [0.5, 0.6) is 0 Å². The van der Waals surface area contributed by atoms with E-state index < -0.39 is 15.8 Å². The summed E-state index contributed by atoms with van der Waals surface area (Å²) in [5, 5.41) is 0. The molecule has 0 N–H and O–H groups in total. The first kappa shape index (κ1) is 15.6. The first-order valence-corrected chi connectivity index (χ1v) is 8.04. The molecule has 0 fully saturated rings. The van der Waals surface area contributed by atoms with Gasteiger partial charge in [-0.15, -0.1) is 0 Å². The van der Waals surface area contributed by atoms with E-state index in [0.717, 1.165) is 31.4 Å². The molecule has 3 nitrogen and oxygen atoms in total. The largest absolute Gasteiger partial charge is 0.243 e. The fourth-order valence-corrected chi connectivity index (χ4v) is 3.77. The first-order chi connectivity index (χ1) is 8.39. The summed E-state index contributed by atoms with van der Waals surface area (Å²) in [7, 11) is -2.00. The molecular weight excluding hydrogens is 321 g/mol. The second kappa shape index (κ2) is 6.63. The van der Waals surface area contributed by atoms with E-state index in [-0.39, 0.29) is 9.37 Å². The Morgan fingerprint density at radius 3 is 2.56 bits per heavy atom. The van der Waals surface area contributed by atoms with E-state index in [1.165, 1.54) is 10.4 Å². The van der Waals surface area contributed by atoms with Gasteiger partial charge in [-0.25, -0.2) is 17.1 Å². The zero-order valence-electron chi connectivity index (χ0n) is 10.5. The van der Waals surface area contributed by atoms with Crippen LogP contribution in [0.1, 0.15) is 26.2 Å². The van der Waals surface area contributed by atoms with Gasteiger partial charge in [0.05, 0.1) is 4.90 Å². The summed E-state index contributed by atoms with van der Waals surface area (Å²) in [6, 6.07) is 3.59. The molecule has 0 aliphatic rings. The van der Waals surface area contributed by atoms with E-state index in [1.54, 1.807) is 7.05 Å². The minimum Gasteiger partial charge on any atom is -0.207 e. The molecule has 1 rings (SSSR count). The average molecular weight is 338 g/mol. The summed E-state index contributed by atoms with van der Waals surface area (Å²) in [6.45, 7) is 2.53. The third kappa shape index (κ3) is 3.76. The van der Waals surface area contributed by atoms with Crippen LogP contribution in [-0.4, -0.2) is 26.3 Å². The molecule has 0 heterocycles. The highest BCUT2D eigenvalue weighted by Crippen LogP contribution is 2.25. The van der Waals surface area contributed by atoms with Crippen molar-refractivity contribution in [2.24, 2.45) is 0 Å². The highest BCUT2D eigenvalue weighted by atomic mass is 79.9. The number of sulfonamides is 1. The quantitative estimate of drug-likeness (QED) is 0.746. The molecule has 0 bridgehead atoms. The minimum absolute atomic E-state index is 0.0999. The van der Waals surface area contributed by atoms with E-state index >= 15 is 0 Å². The topological polar surface area (TPSA) is 37.4 Å². The lowest BCUT2D eigenvalue weighted by atomic mass is 10.2. The lowest BCUT2D eigenvalue weighted by Crippen LogP contribution is -2.28. The highest BCUT2D eigenvalue weighted by molar-refractivity contribution is 9.10. The summed E-state index contributed by atoms with van der Waals surface area (Å²) < 4.78 is 39.0. The van der Waals surface area contributed by atoms with Crippen molar-refractivity contribution in [1.29, 1.82) is 0 Å². The number of hydrogen-bond donors (Lipinski definition) is 0. The lowest BCUT2D eigenvalue weighted by Gasteiger charge is -2.17. The van der Waals surface area contributed by atoms with Gasteiger partial charge in [-0.2, -0.15) is 0 Å². The molecule has 0 amide bonds. The monoisotopic (exact) mass is 337 g/mol. The van der Waals surface area contributed by atoms with Gasteiger partial charge in [-0.05, 0) is 40.5 Å². The highest BCUT2D eigenvalue weighted by Gasteiger charge is 2.23. The Bertz CT molecular complexity index is 505. The van der Waals surface area contributed by atoms with Crippen LogP contribution in [0.3, 0.4) is 0 Å². The molecule has 18 heavy (non-hydrogen) atoms. The van der Waals surface area contributed by atoms with Gasteiger partial charge in [0, 0.05) is 18.1 Å². The maximum atomic E-state index is 12.9. The van der Waals surface area contributed by atoms with Crippen molar-refractivity contribution in [1.82, 2.24) is 4.31 Å². The number of nitrogens with zero attached hydrogens (tertiary/aromatic N) is 1. The fourth-order valence-electron chi connectivity index (χ4n) is 1.56. The van der Waals surface area contributed by atoms with E-state index in [2.05, 4.69) is 22.9 Å². The van der Waals surface area contributed by atoms with Gasteiger partial charge in [0.2, 0.25) is 10.0 Å². The van der Waals surface area contributed by atoms with Crippen LogP contribution < -0.4 is 0 Å². The molecular formula is C12H17BrFNO2S. The van der Waals surface area contributed by atoms with Gasteiger partial charge in [-0.3, -0.25) is 0 Å². The first-order valence-electron chi connectivity index (χ1n) is 5.81. The van der Waals surface area contributed by atoms with E-state index in [1.807, 2.05) is 0 Å².